The average molecular weight is 362 g/mol. The van der Waals surface area contributed by atoms with Crippen molar-refractivity contribution in [2.45, 2.75) is 41.2 Å². The number of benzene rings is 1. The summed E-state index contributed by atoms with van der Waals surface area (Å²) in [5, 5.41) is 7.44. The van der Waals surface area contributed by atoms with Crippen molar-refractivity contribution in [1.82, 2.24) is 24.1 Å². The smallest absolute Gasteiger partial charge is 0.263 e. The molecule has 4 rings (SSSR count). The summed E-state index contributed by atoms with van der Waals surface area (Å²) in [4.78, 5) is 22.2. The normalized spacial score (nSPS) is 11.4. The van der Waals surface area contributed by atoms with Crippen LogP contribution in [0.2, 0.25) is 0 Å². The maximum Gasteiger partial charge on any atom is 0.263 e. The van der Waals surface area contributed by atoms with Crippen molar-refractivity contribution < 1.29 is 4.79 Å². The Morgan fingerprint density at radius 2 is 1.89 bits per heavy atom. The zero-order valence-electron chi connectivity index (χ0n) is 16.2. The number of rotatable bonds is 3. The van der Waals surface area contributed by atoms with Gasteiger partial charge in [-0.15, -0.1) is 0 Å². The van der Waals surface area contributed by atoms with Gasteiger partial charge >= 0.3 is 0 Å². The van der Waals surface area contributed by atoms with Gasteiger partial charge in [-0.25, -0.2) is 14.5 Å². The second-order valence-electron chi connectivity index (χ2n) is 6.86. The number of hydrogen-bond acceptors (Lipinski definition) is 4. The van der Waals surface area contributed by atoms with Crippen LogP contribution in [0.4, 0.5) is 5.95 Å². The van der Waals surface area contributed by atoms with Gasteiger partial charge in [0.05, 0.1) is 16.7 Å². The molecule has 0 atom stereocenters. The van der Waals surface area contributed by atoms with Crippen LogP contribution in [-0.4, -0.2) is 30.1 Å². The molecule has 1 amide bonds. The fourth-order valence-electron chi connectivity index (χ4n) is 3.51. The lowest BCUT2D eigenvalue weighted by atomic mass is 10.2. The lowest BCUT2D eigenvalue weighted by molar-refractivity contribution is 0.102. The van der Waals surface area contributed by atoms with Gasteiger partial charge in [0.2, 0.25) is 5.95 Å². The number of carbonyl (C=O) groups excluding carboxylic acids is 1. The van der Waals surface area contributed by atoms with Gasteiger partial charge < -0.3 is 4.57 Å². The Bertz CT molecular complexity index is 1200. The molecule has 3 aromatic heterocycles. The first-order chi connectivity index (χ1) is 12.9. The molecule has 0 bridgehead atoms. The third-order valence-electron chi connectivity index (χ3n) is 4.74. The molecular formula is C20H22N6O. The number of amides is 1. The molecule has 7 heteroatoms. The zero-order chi connectivity index (χ0) is 19.3. The van der Waals surface area contributed by atoms with E-state index in [-0.39, 0.29) is 5.91 Å². The minimum Gasteiger partial charge on any atom is -0.310 e. The van der Waals surface area contributed by atoms with Crippen LogP contribution < -0.4 is 5.32 Å². The summed E-state index contributed by atoms with van der Waals surface area (Å²) in [5.41, 5.74) is 6.48. The van der Waals surface area contributed by atoms with E-state index in [1.807, 2.05) is 63.5 Å². The van der Waals surface area contributed by atoms with Crippen LogP contribution in [0, 0.1) is 27.7 Å². The standard InChI is InChI=1S/C20H22N6O/c1-6-25-16-8-7-11(2)9-15(16)22-20(25)23-19(27)17-14(5)24-26-13(4)10-12(3)21-18(17)26/h7-10H,6H2,1-5H3,(H,22,23,27). The highest BCUT2D eigenvalue weighted by Crippen LogP contribution is 2.23. The number of imidazole rings is 1. The molecule has 27 heavy (non-hydrogen) atoms. The molecule has 0 saturated carbocycles. The number of fused-ring (bicyclic) bond motifs is 2. The summed E-state index contributed by atoms with van der Waals surface area (Å²) in [6.45, 7) is 10.5. The third kappa shape index (κ3) is 2.75. The number of nitrogens with one attached hydrogen (secondary N) is 1. The van der Waals surface area contributed by atoms with Gasteiger partial charge in [-0.1, -0.05) is 6.07 Å². The molecule has 1 N–H and O–H groups in total. The third-order valence-corrected chi connectivity index (χ3v) is 4.74. The largest absolute Gasteiger partial charge is 0.310 e. The first kappa shape index (κ1) is 17.2. The molecule has 0 spiro atoms. The number of aromatic nitrogens is 5. The maximum atomic E-state index is 13.1. The molecule has 4 aromatic rings. The van der Waals surface area contributed by atoms with E-state index in [2.05, 4.69) is 20.4 Å². The lowest BCUT2D eigenvalue weighted by Gasteiger charge is -2.08. The van der Waals surface area contributed by atoms with Crippen LogP contribution in [0.15, 0.2) is 24.3 Å². The van der Waals surface area contributed by atoms with Crippen molar-refractivity contribution in [1.29, 1.82) is 0 Å². The summed E-state index contributed by atoms with van der Waals surface area (Å²) < 4.78 is 3.71. The van der Waals surface area contributed by atoms with E-state index >= 15 is 0 Å². The Labute approximate surface area is 157 Å². The van der Waals surface area contributed by atoms with E-state index in [0.717, 1.165) is 28.0 Å². The van der Waals surface area contributed by atoms with Crippen molar-refractivity contribution >= 4 is 28.5 Å². The topological polar surface area (TPSA) is 77.1 Å². The van der Waals surface area contributed by atoms with E-state index in [1.165, 1.54) is 0 Å². The quantitative estimate of drug-likeness (QED) is 0.604. The fourth-order valence-corrected chi connectivity index (χ4v) is 3.51. The van der Waals surface area contributed by atoms with Gasteiger partial charge in [0, 0.05) is 17.9 Å². The summed E-state index contributed by atoms with van der Waals surface area (Å²) in [5.74, 6) is 0.285. The van der Waals surface area contributed by atoms with Gasteiger partial charge in [-0.3, -0.25) is 10.1 Å². The van der Waals surface area contributed by atoms with Crippen molar-refractivity contribution in [3.05, 3.63) is 52.5 Å². The number of hydrogen-bond donors (Lipinski definition) is 1. The summed E-state index contributed by atoms with van der Waals surface area (Å²) in [6, 6.07) is 8.05. The molecule has 138 valence electrons. The summed E-state index contributed by atoms with van der Waals surface area (Å²) in [6.07, 6.45) is 0. The molecule has 0 unspecified atom stereocenters. The highest BCUT2D eigenvalue weighted by molar-refractivity contribution is 6.09. The highest BCUT2D eigenvalue weighted by atomic mass is 16.1. The number of carbonyl (C=O) groups is 1. The number of anilines is 1. The molecule has 7 nitrogen and oxygen atoms in total. The molecule has 0 fully saturated rings. The highest BCUT2D eigenvalue weighted by Gasteiger charge is 2.22. The van der Waals surface area contributed by atoms with Crippen LogP contribution in [-0.2, 0) is 6.54 Å². The predicted molar refractivity (Wildman–Crippen MR) is 105 cm³/mol. The van der Waals surface area contributed by atoms with Crippen LogP contribution in [0.1, 0.15) is 39.9 Å². The Balaban J connectivity index is 1.80. The van der Waals surface area contributed by atoms with Crippen molar-refractivity contribution in [2.24, 2.45) is 0 Å². The van der Waals surface area contributed by atoms with Crippen LogP contribution in [0.25, 0.3) is 16.7 Å². The molecule has 0 aliphatic rings. The van der Waals surface area contributed by atoms with E-state index in [4.69, 9.17) is 0 Å². The molecule has 0 aliphatic heterocycles. The second kappa shape index (κ2) is 6.19. The van der Waals surface area contributed by atoms with E-state index in [1.54, 1.807) is 4.52 Å². The Morgan fingerprint density at radius 1 is 1.11 bits per heavy atom. The monoisotopic (exact) mass is 362 g/mol. The molecular weight excluding hydrogens is 340 g/mol. The molecule has 0 saturated heterocycles. The molecule has 1 aromatic carbocycles. The maximum absolute atomic E-state index is 13.1. The Kier molecular flexibility index (Phi) is 3.95. The van der Waals surface area contributed by atoms with Gasteiger partial charge in [0.1, 0.15) is 5.56 Å². The Morgan fingerprint density at radius 3 is 2.63 bits per heavy atom. The second-order valence-corrected chi connectivity index (χ2v) is 6.86. The van der Waals surface area contributed by atoms with Crippen LogP contribution in [0.5, 0.6) is 0 Å². The minimum absolute atomic E-state index is 0.248. The number of nitrogens with zero attached hydrogens (tertiary/aromatic N) is 5. The summed E-state index contributed by atoms with van der Waals surface area (Å²) in [7, 11) is 0. The number of aryl methyl sites for hydroxylation is 5. The first-order valence-electron chi connectivity index (χ1n) is 9.01. The van der Waals surface area contributed by atoms with Crippen molar-refractivity contribution in [3.63, 3.8) is 0 Å². The van der Waals surface area contributed by atoms with Crippen LogP contribution >= 0.6 is 0 Å². The van der Waals surface area contributed by atoms with Crippen molar-refractivity contribution in [3.8, 4) is 0 Å². The van der Waals surface area contributed by atoms with Gasteiger partial charge in [0.25, 0.3) is 5.91 Å². The zero-order valence-corrected chi connectivity index (χ0v) is 16.2. The van der Waals surface area contributed by atoms with Gasteiger partial charge in [-0.05, 0) is 58.4 Å². The lowest BCUT2D eigenvalue weighted by Crippen LogP contribution is -2.17. The van der Waals surface area contributed by atoms with Crippen LogP contribution in [0.3, 0.4) is 0 Å². The van der Waals surface area contributed by atoms with Gasteiger partial charge in [-0.2, -0.15) is 5.10 Å². The SMILES string of the molecule is CCn1c(NC(=O)c2c(C)nn3c(C)cc(C)nc23)nc2cc(C)ccc21. The minimum atomic E-state index is -0.248. The predicted octanol–water partition coefficient (Wildman–Crippen LogP) is 3.58. The first-order valence-corrected chi connectivity index (χ1v) is 9.01. The van der Waals surface area contributed by atoms with Crippen molar-refractivity contribution in [2.75, 3.05) is 5.32 Å². The summed E-state index contributed by atoms with van der Waals surface area (Å²) >= 11 is 0. The van der Waals surface area contributed by atoms with E-state index < -0.39 is 0 Å². The molecule has 0 radical (unpaired) electrons. The fraction of sp³-hybridized carbons (Fsp3) is 0.300. The Hall–Kier alpha value is -3.22. The van der Waals surface area contributed by atoms with E-state index in [9.17, 15) is 4.79 Å². The molecule has 0 aliphatic carbocycles. The molecule has 3 heterocycles. The average Bonchev–Trinajstić information content (AvgIpc) is 3.10. The van der Waals surface area contributed by atoms with Gasteiger partial charge in [0.15, 0.2) is 5.65 Å². The van der Waals surface area contributed by atoms with E-state index in [0.29, 0.717) is 29.4 Å².